The average molecular weight is 144 g/mol. The molecule has 0 aromatic carbocycles. The van der Waals surface area contributed by atoms with Crippen molar-refractivity contribution in [2.45, 2.75) is 45.3 Å². The molecule has 0 spiro atoms. The summed E-state index contributed by atoms with van der Waals surface area (Å²) in [6.45, 7) is 4.81. The molecule has 0 unspecified atom stereocenters. The Balaban J connectivity index is 2.25. The van der Waals surface area contributed by atoms with Gasteiger partial charge in [0.2, 0.25) is 0 Å². The number of hydrogen-bond acceptors (Lipinski definition) is 2. The first kappa shape index (κ1) is 8.02. The molecule has 1 heterocycles. The van der Waals surface area contributed by atoms with E-state index in [1.165, 1.54) is 0 Å². The van der Waals surface area contributed by atoms with E-state index in [0.29, 0.717) is 19.0 Å². The van der Waals surface area contributed by atoms with Crippen molar-refractivity contribution >= 4 is 0 Å². The van der Waals surface area contributed by atoms with Gasteiger partial charge in [0.05, 0.1) is 12.2 Å². The Kier molecular flexibility index (Phi) is 3.16. The van der Waals surface area contributed by atoms with Crippen molar-refractivity contribution in [1.29, 1.82) is 0 Å². The summed E-state index contributed by atoms with van der Waals surface area (Å²) in [5, 5.41) is 0. The van der Waals surface area contributed by atoms with E-state index in [2.05, 4.69) is 13.8 Å². The van der Waals surface area contributed by atoms with Gasteiger partial charge in [-0.3, -0.25) is 0 Å². The van der Waals surface area contributed by atoms with Crippen molar-refractivity contribution in [1.82, 2.24) is 0 Å². The van der Waals surface area contributed by atoms with Crippen molar-refractivity contribution in [3.05, 3.63) is 0 Å². The topological polar surface area (TPSA) is 18.5 Å². The molecule has 0 aliphatic carbocycles. The van der Waals surface area contributed by atoms with Gasteiger partial charge in [0.15, 0.2) is 0 Å². The predicted molar refractivity (Wildman–Crippen MR) is 39.8 cm³/mol. The molecule has 2 nitrogen and oxygen atoms in total. The van der Waals surface area contributed by atoms with Gasteiger partial charge in [0.1, 0.15) is 6.79 Å². The van der Waals surface area contributed by atoms with Crippen LogP contribution < -0.4 is 0 Å². The molecule has 0 aromatic rings. The molecule has 1 fully saturated rings. The zero-order chi connectivity index (χ0) is 7.40. The number of rotatable bonds is 2. The monoisotopic (exact) mass is 144 g/mol. The standard InChI is InChI=1S/C8H16O2/c1-3-7-5-8(4-2)10-6-9-7/h7-8H,3-6H2,1-2H3/t7-,8-/m0/s1. The van der Waals surface area contributed by atoms with Gasteiger partial charge in [-0.05, 0) is 19.3 Å². The predicted octanol–water partition coefficient (Wildman–Crippen LogP) is 1.94. The summed E-state index contributed by atoms with van der Waals surface area (Å²) in [4.78, 5) is 0. The highest BCUT2D eigenvalue weighted by Crippen LogP contribution is 2.17. The highest BCUT2D eigenvalue weighted by molar-refractivity contribution is 4.66. The Morgan fingerprint density at radius 1 is 1.10 bits per heavy atom. The first-order chi connectivity index (χ1) is 4.86. The van der Waals surface area contributed by atoms with E-state index in [1.807, 2.05) is 0 Å². The molecule has 60 valence electrons. The van der Waals surface area contributed by atoms with Gasteiger partial charge in [-0.1, -0.05) is 13.8 Å². The van der Waals surface area contributed by atoms with Crippen LogP contribution in [0.5, 0.6) is 0 Å². The summed E-state index contributed by atoms with van der Waals surface area (Å²) in [6, 6.07) is 0. The number of ether oxygens (including phenoxy) is 2. The number of hydrogen-bond donors (Lipinski definition) is 0. The lowest BCUT2D eigenvalue weighted by Gasteiger charge is -2.28. The summed E-state index contributed by atoms with van der Waals surface area (Å²) in [5.74, 6) is 0. The Bertz CT molecular complexity index is 83.3. The molecule has 0 amide bonds. The van der Waals surface area contributed by atoms with E-state index in [0.717, 1.165) is 19.3 Å². The molecule has 2 heteroatoms. The van der Waals surface area contributed by atoms with Gasteiger partial charge >= 0.3 is 0 Å². The second kappa shape index (κ2) is 3.94. The Morgan fingerprint density at radius 2 is 1.60 bits per heavy atom. The van der Waals surface area contributed by atoms with Crippen molar-refractivity contribution in [2.75, 3.05) is 6.79 Å². The lowest BCUT2D eigenvalue weighted by Crippen LogP contribution is -2.30. The van der Waals surface area contributed by atoms with Crippen molar-refractivity contribution in [3.8, 4) is 0 Å². The zero-order valence-corrected chi connectivity index (χ0v) is 6.80. The van der Waals surface area contributed by atoms with Crippen LogP contribution in [0.4, 0.5) is 0 Å². The third-order valence-electron chi connectivity index (χ3n) is 2.04. The van der Waals surface area contributed by atoms with E-state index in [4.69, 9.17) is 9.47 Å². The first-order valence-corrected chi connectivity index (χ1v) is 4.10. The van der Waals surface area contributed by atoms with Gasteiger partial charge in [-0.15, -0.1) is 0 Å². The fraction of sp³-hybridized carbons (Fsp3) is 1.00. The van der Waals surface area contributed by atoms with Crippen molar-refractivity contribution in [2.24, 2.45) is 0 Å². The fourth-order valence-electron chi connectivity index (χ4n) is 1.23. The van der Waals surface area contributed by atoms with Crippen LogP contribution in [0.2, 0.25) is 0 Å². The molecule has 0 bridgehead atoms. The van der Waals surface area contributed by atoms with Crippen LogP contribution in [-0.2, 0) is 9.47 Å². The zero-order valence-electron chi connectivity index (χ0n) is 6.80. The maximum atomic E-state index is 5.34. The maximum Gasteiger partial charge on any atom is 0.147 e. The molecule has 2 atom stereocenters. The van der Waals surface area contributed by atoms with E-state index < -0.39 is 0 Å². The van der Waals surface area contributed by atoms with Gasteiger partial charge < -0.3 is 9.47 Å². The van der Waals surface area contributed by atoms with Crippen LogP contribution in [0.15, 0.2) is 0 Å². The van der Waals surface area contributed by atoms with Crippen LogP contribution in [0.1, 0.15) is 33.1 Å². The highest BCUT2D eigenvalue weighted by atomic mass is 16.7. The summed E-state index contributed by atoms with van der Waals surface area (Å²) in [6.07, 6.45) is 4.18. The molecule has 0 saturated carbocycles. The third kappa shape index (κ3) is 1.96. The molecule has 1 aliphatic heterocycles. The molecule has 1 saturated heterocycles. The van der Waals surface area contributed by atoms with E-state index in [-0.39, 0.29) is 0 Å². The van der Waals surface area contributed by atoms with E-state index in [1.54, 1.807) is 0 Å². The quantitative estimate of drug-likeness (QED) is 0.589. The highest BCUT2D eigenvalue weighted by Gasteiger charge is 2.19. The average Bonchev–Trinajstić information content (AvgIpc) is 2.05. The van der Waals surface area contributed by atoms with Gasteiger partial charge in [-0.2, -0.15) is 0 Å². The molecule has 0 radical (unpaired) electrons. The summed E-state index contributed by atoms with van der Waals surface area (Å²) in [7, 11) is 0. The Labute approximate surface area is 62.5 Å². The van der Waals surface area contributed by atoms with Gasteiger partial charge in [-0.25, -0.2) is 0 Å². The van der Waals surface area contributed by atoms with Gasteiger partial charge in [0, 0.05) is 0 Å². The maximum absolute atomic E-state index is 5.34. The van der Waals surface area contributed by atoms with Crippen LogP contribution in [0.3, 0.4) is 0 Å². The molecule has 0 aromatic heterocycles. The summed E-state index contributed by atoms with van der Waals surface area (Å²) < 4.78 is 10.7. The normalized spacial score (nSPS) is 34.2. The van der Waals surface area contributed by atoms with Crippen molar-refractivity contribution in [3.63, 3.8) is 0 Å². The molecule has 1 rings (SSSR count). The first-order valence-electron chi connectivity index (χ1n) is 4.10. The SMILES string of the molecule is CC[C@H]1C[C@H](CC)OCO1. The summed E-state index contributed by atoms with van der Waals surface area (Å²) >= 11 is 0. The lowest BCUT2D eigenvalue weighted by molar-refractivity contribution is -0.175. The molecular formula is C8H16O2. The Hall–Kier alpha value is -0.0800. The largest absolute Gasteiger partial charge is 0.352 e. The van der Waals surface area contributed by atoms with E-state index in [9.17, 15) is 0 Å². The smallest absolute Gasteiger partial charge is 0.147 e. The Morgan fingerprint density at radius 3 is 2.00 bits per heavy atom. The minimum absolute atomic E-state index is 0.443. The van der Waals surface area contributed by atoms with Crippen LogP contribution in [0.25, 0.3) is 0 Å². The van der Waals surface area contributed by atoms with Crippen molar-refractivity contribution < 1.29 is 9.47 Å². The van der Waals surface area contributed by atoms with Crippen LogP contribution >= 0.6 is 0 Å². The second-order valence-corrected chi connectivity index (χ2v) is 2.75. The lowest BCUT2D eigenvalue weighted by atomic mass is 10.1. The van der Waals surface area contributed by atoms with E-state index >= 15 is 0 Å². The third-order valence-corrected chi connectivity index (χ3v) is 2.04. The van der Waals surface area contributed by atoms with Crippen LogP contribution in [-0.4, -0.2) is 19.0 Å². The molecule has 1 aliphatic rings. The molecular weight excluding hydrogens is 128 g/mol. The minimum Gasteiger partial charge on any atom is -0.352 e. The summed E-state index contributed by atoms with van der Waals surface area (Å²) in [5.41, 5.74) is 0. The second-order valence-electron chi connectivity index (χ2n) is 2.75. The molecule has 0 N–H and O–H groups in total. The molecule has 10 heavy (non-hydrogen) atoms. The van der Waals surface area contributed by atoms with Crippen LogP contribution in [0, 0.1) is 0 Å². The minimum atomic E-state index is 0.443. The van der Waals surface area contributed by atoms with Gasteiger partial charge in [0.25, 0.3) is 0 Å². The fourth-order valence-corrected chi connectivity index (χ4v) is 1.23.